The number of carbonyl (C=O) groups excluding carboxylic acids is 2. The molecular formula is C21H21NO9. The zero-order valence-corrected chi connectivity index (χ0v) is 17.2. The molecule has 1 N–H and O–H groups in total. The number of esters is 2. The standard InChI is InChI=1S/C21H21NO9/c1-12-8-13(30-9-14-5-7-17(31-14)19(23)24)4-6-16(12)22-11-29-10-15(20(25)27-2)18(22)21(26)28-3/h4-8H,9-11H2,1-3H3,(H,23,24). The predicted octanol–water partition coefficient (Wildman–Crippen LogP) is 2.26. The normalized spacial score (nSPS) is 13.7. The molecule has 2 aromatic rings. The molecule has 0 unspecified atom stereocenters. The van der Waals surface area contributed by atoms with Gasteiger partial charge in [0.05, 0.1) is 26.4 Å². The van der Waals surface area contributed by atoms with Crippen LogP contribution in [0.25, 0.3) is 0 Å². The average Bonchev–Trinajstić information content (AvgIpc) is 3.25. The monoisotopic (exact) mass is 431 g/mol. The van der Waals surface area contributed by atoms with Crippen LogP contribution in [-0.4, -0.2) is 50.6 Å². The molecule has 0 bridgehead atoms. The van der Waals surface area contributed by atoms with E-state index in [-0.39, 0.29) is 37.0 Å². The summed E-state index contributed by atoms with van der Waals surface area (Å²) < 4.78 is 25.9. The van der Waals surface area contributed by atoms with Crippen molar-refractivity contribution in [2.75, 3.05) is 32.5 Å². The maximum absolute atomic E-state index is 12.4. The zero-order valence-electron chi connectivity index (χ0n) is 17.2. The van der Waals surface area contributed by atoms with Crippen molar-refractivity contribution in [3.05, 3.63) is 58.7 Å². The Morgan fingerprint density at radius 1 is 1.10 bits per heavy atom. The van der Waals surface area contributed by atoms with E-state index < -0.39 is 17.9 Å². The van der Waals surface area contributed by atoms with Crippen LogP contribution in [0, 0.1) is 6.92 Å². The summed E-state index contributed by atoms with van der Waals surface area (Å²) in [5, 5.41) is 8.91. The Labute approximate surface area is 177 Å². The number of nitrogens with zero attached hydrogens (tertiary/aromatic N) is 1. The van der Waals surface area contributed by atoms with Crippen LogP contribution in [-0.2, 0) is 30.4 Å². The number of ether oxygens (including phenoxy) is 4. The molecule has 10 heteroatoms. The molecule has 164 valence electrons. The predicted molar refractivity (Wildman–Crippen MR) is 106 cm³/mol. The maximum Gasteiger partial charge on any atom is 0.371 e. The molecule has 2 heterocycles. The molecule has 0 spiro atoms. The Morgan fingerprint density at radius 3 is 2.45 bits per heavy atom. The van der Waals surface area contributed by atoms with Gasteiger partial charge in [-0.25, -0.2) is 14.4 Å². The van der Waals surface area contributed by atoms with Gasteiger partial charge in [-0.1, -0.05) is 0 Å². The third kappa shape index (κ3) is 4.69. The summed E-state index contributed by atoms with van der Waals surface area (Å²) in [5.74, 6) is -1.82. The molecule has 0 atom stereocenters. The molecule has 0 fully saturated rings. The molecule has 31 heavy (non-hydrogen) atoms. The van der Waals surface area contributed by atoms with Gasteiger partial charge >= 0.3 is 17.9 Å². The lowest BCUT2D eigenvalue weighted by molar-refractivity contribution is -0.140. The molecule has 1 aromatic heterocycles. The van der Waals surface area contributed by atoms with Gasteiger partial charge in [0, 0.05) is 5.69 Å². The first-order valence-electron chi connectivity index (χ1n) is 9.16. The number of hydrogen-bond donors (Lipinski definition) is 1. The minimum atomic E-state index is -1.16. The summed E-state index contributed by atoms with van der Waals surface area (Å²) in [6.45, 7) is 1.81. The van der Waals surface area contributed by atoms with Gasteiger partial charge in [-0.05, 0) is 42.8 Å². The van der Waals surface area contributed by atoms with E-state index in [4.69, 9.17) is 28.5 Å². The summed E-state index contributed by atoms with van der Waals surface area (Å²) in [6.07, 6.45) is 0. The second kappa shape index (κ2) is 9.35. The smallest absolute Gasteiger partial charge is 0.371 e. The van der Waals surface area contributed by atoms with E-state index in [1.54, 1.807) is 25.1 Å². The van der Waals surface area contributed by atoms with E-state index in [1.165, 1.54) is 31.3 Å². The fourth-order valence-corrected chi connectivity index (χ4v) is 3.08. The highest BCUT2D eigenvalue weighted by Gasteiger charge is 2.33. The van der Waals surface area contributed by atoms with Crippen molar-refractivity contribution < 1.29 is 42.9 Å². The van der Waals surface area contributed by atoms with Crippen LogP contribution in [0.1, 0.15) is 21.9 Å². The van der Waals surface area contributed by atoms with Crippen LogP contribution < -0.4 is 9.64 Å². The van der Waals surface area contributed by atoms with E-state index in [0.717, 1.165) is 5.56 Å². The summed E-state index contributed by atoms with van der Waals surface area (Å²) in [4.78, 5) is 36.9. The summed E-state index contributed by atoms with van der Waals surface area (Å²) in [6, 6.07) is 7.99. The van der Waals surface area contributed by atoms with Crippen molar-refractivity contribution in [2.24, 2.45) is 0 Å². The van der Waals surface area contributed by atoms with Gasteiger partial charge in [0.1, 0.15) is 30.5 Å². The summed E-state index contributed by atoms with van der Waals surface area (Å²) >= 11 is 0. The van der Waals surface area contributed by atoms with Crippen molar-refractivity contribution in [3.8, 4) is 5.75 Å². The number of aryl methyl sites for hydroxylation is 1. The number of carboxylic acid groups (broad SMARTS) is 1. The number of furan rings is 1. The van der Waals surface area contributed by atoms with Crippen LogP contribution in [0.15, 0.2) is 46.0 Å². The van der Waals surface area contributed by atoms with Gasteiger partial charge in [-0.3, -0.25) is 0 Å². The minimum absolute atomic E-state index is 0.0380. The first kappa shape index (κ1) is 21.9. The van der Waals surface area contributed by atoms with E-state index in [1.807, 2.05) is 0 Å². The number of methoxy groups -OCH3 is 2. The maximum atomic E-state index is 12.4. The molecule has 0 saturated carbocycles. The molecule has 1 aliphatic heterocycles. The Balaban J connectivity index is 1.84. The fourth-order valence-electron chi connectivity index (χ4n) is 3.08. The van der Waals surface area contributed by atoms with Gasteiger partial charge in [0.2, 0.25) is 5.76 Å². The van der Waals surface area contributed by atoms with Gasteiger partial charge in [0.25, 0.3) is 0 Å². The molecule has 0 amide bonds. The SMILES string of the molecule is COC(=O)C1=C(C(=O)OC)N(c2ccc(OCc3ccc(C(=O)O)o3)cc2C)COC1. The molecule has 0 aliphatic carbocycles. The number of hydrogen-bond acceptors (Lipinski definition) is 9. The van der Waals surface area contributed by atoms with Gasteiger partial charge < -0.3 is 33.4 Å². The molecule has 10 nitrogen and oxygen atoms in total. The first-order chi connectivity index (χ1) is 14.8. The van der Waals surface area contributed by atoms with Crippen molar-refractivity contribution in [3.63, 3.8) is 0 Å². The van der Waals surface area contributed by atoms with Gasteiger partial charge in [0.15, 0.2) is 0 Å². The highest BCUT2D eigenvalue weighted by molar-refractivity contribution is 6.03. The highest BCUT2D eigenvalue weighted by Crippen LogP contribution is 2.31. The molecule has 1 aromatic carbocycles. The highest BCUT2D eigenvalue weighted by atomic mass is 16.5. The number of aromatic carboxylic acids is 1. The van der Waals surface area contributed by atoms with Gasteiger partial charge in [-0.2, -0.15) is 0 Å². The van der Waals surface area contributed by atoms with Crippen LogP contribution in [0.5, 0.6) is 5.75 Å². The molecule has 3 rings (SSSR count). The second-order valence-corrected chi connectivity index (χ2v) is 6.52. The van der Waals surface area contributed by atoms with Crippen LogP contribution in [0.2, 0.25) is 0 Å². The van der Waals surface area contributed by atoms with Crippen molar-refractivity contribution >= 4 is 23.6 Å². The third-order valence-corrected chi connectivity index (χ3v) is 4.55. The van der Waals surface area contributed by atoms with Crippen LogP contribution in [0.4, 0.5) is 5.69 Å². The average molecular weight is 431 g/mol. The largest absolute Gasteiger partial charge is 0.486 e. The molecule has 0 radical (unpaired) electrons. The molecule has 0 saturated heterocycles. The second-order valence-electron chi connectivity index (χ2n) is 6.52. The minimum Gasteiger partial charge on any atom is -0.486 e. The number of benzene rings is 1. The van der Waals surface area contributed by atoms with Gasteiger partial charge in [-0.15, -0.1) is 0 Å². The zero-order chi connectivity index (χ0) is 22.5. The Kier molecular flexibility index (Phi) is 6.61. The van der Waals surface area contributed by atoms with E-state index >= 15 is 0 Å². The summed E-state index contributed by atoms with van der Waals surface area (Å²) in [7, 11) is 2.45. The van der Waals surface area contributed by atoms with Crippen molar-refractivity contribution in [1.29, 1.82) is 0 Å². The summed E-state index contributed by atoms with van der Waals surface area (Å²) in [5.41, 5.74) is 1.46. The Hall–Kier alpha value is -3.79. The lowest BCUT2D eigenvalue weighted by Gasteiger charge is -2.32. The first-order valence-corrected chi connectivity index (χ1v) is 9.16. The topological polar surface area (TPSA) is 125 Å². The number of carbonyl (C=O) groups is 3. The molecule has 1 aliphatic rings. The third-order valence-electron chi connectivity index (χ3n) is 4.55. The van der Waals surface area contributed by atoms with Crippen molar-refractivity contribution in [2.45, 2.75) is 13.5 Å². The number of anilines is 1. The quantitative estimate of drug-likeness (QED) is 0.653. The van der Waals surface area contributed by atoms with E-state index in [2.05, 4.69) is 0 Å². The van der Waals surface area contributed by atoms with Crippen molar-refractivity contribution in [1.82, 2.24) is 0 Å². The number of carboxylic acids is 1. The van der Waals surface area contributed by atoms with Crippen LogP contribution in [0.3, 0.4) is 0 Å². The van der Waals surface area contributed by atoms with Crippen LogP contribution >= 0.6 is 0 Å². The van der Waals surface area contributed by atoms with E-state index in [9.17, 15) is 14.4 Å². The van der Waals surface area contributed by atoms with E-state index in [0.29, 0.717) is 17.2 Å². The Morgan fingerprint density at radius 2 is 1.84 bits per heavy atom. The fraction of sp³-hybridized carbons (Fsp3) is 0.286. The lowest BCUT2D eigenvalue weighted by atomic mass is 10.1. The lowest BCUT2D eigenvalue weighted by Crippen LogP contribution is -2.39. The molecular weight excluding hydrogens is 410 g/mol. The Bertz CT molecular complexity index is 1040. The number of rotatable bonds is 7.